The van der Waals surface area contributed by atoms with Crippen LogP contribution in [-0.2, 0) is 24.0 Å². The number of carbonyl (C=O) groups is 5. The molecular weight excluding hydrogens is 486 g/mol. The lowest BCUT2D eigenvalue weighted by Gasteiger charge is -2.26. The zero-order valence-corrected chi connectivity index (χ0v) is 21.6. The SMILES string of the molecule is CC(C)C(NC(=O)C(CCCN=C(N)N)NC(=O)C(CCC(N)=O)NC(=O)C(N)CCCCN)C(=O)O. The maximum absolute atomic E-state index is 13.1. The molecule has 4 amide bonds. The number of guanidine groups is 1. The molecule has 0 aromatic heterocycles. The summed E-state index contributed by atoms with van der Waals surface area (Å²) in [7, 11) is 0. The molecule has 0 aliphatic rings. The summed E-state index contributed by atoms with van der Waals surface area (Å²) < 4.78 is 0. The monoisotopic (exact) mass is 529 g/mol. The first-order valence-corrected chi connectivity index (χ1v) is 12.2. The number of aliphatic imine (C=N–C) groups is 1. The van der Waals surface area contributed by atoms with Crippen LogP contribution in [0.2, 0.25) is 0 Å². The van der Waals surface area contributed by atoms with Crippen LogP contribution in [0.3, 0.4) is 0 Å². The van der Waals surface area contributed by atoms with Crippen molar-refractivity contribution >= 4 is 35.6 Å². The van der Waals surface area contributed by atoms with Gasteiger partial charge in [-0.15, -0.1) is 0 Å². The lowest BCUT2D eigenvalue weighted by Crippen LogP contribution is -2.57. The molecule has 15 heteroatoms. The Morgan fingerprint density at radius 2 is 1.38 bits per heavy atom. The predicted molar refractivity (Wildman–Crippen MR) is 137 cm³/mol. The maximum Gasteiger partial charge on any atom is 0.326 e. The molecule has 0 fully saturated rings. The van der Waals surface area contributed by atoms with Crippen molar-refractivity contribution in [3.05, 3.63) is 0 Å². The maximum atomic E-state index is 13.1. The summed E-state index contributed by atoms with van der Waals surface area (Å²) >= 11 is 0. The molecule has 4 unspecified atom stereocenters. The van der Waals surface area contributed by atoms with Crippen LogP contribution in [0.1, 0.15) is 58.8 Å². The Labute approximate surface area is 216 Å². The van der Waals surface area contributed by atoms with Gasteiger partial charge in [0.05, 0.1) is 6.04 Å². The highest BCUT2D eigenvalue weighted by atomic mass is 16.4. The first-order valence-electron chi connectivity index (χ1n) is 12.2. The first kappa shape index (κ1) is 33.5. The molecule has 0 aliphatic carbocycles. The topological polar surface area (TPSA) is 284 Å². The summed E-state index contributed by atoms with van der Waals surface area (Å²) in [5, 5.41) is 16.9. The van der Waals surface area contributed by atoms with Gasteiger partial charge in [0.1, 0.15) is 18.1 Å². The lowest BCUT2D eigenvalue weighted by atomic mass is 10.0. The van der Waals surface area contributed by atoms with Gasteiger partial charge < -0.3 is 49.7 Å². The van der Waals surface area contributed by atoms with Crippen molar-refractivity contribution in [2.45, 2.75) is 83.0 Å². The van der Waals surface area contributed by atoms with Gasteiger partial charge in [0, 0.05) is 13.0 Å². The number of nitrogens with zero attached hydrogens (tertiary/aromatic N) is 1. The van der Waals surface area contributed by atoms with E-state index in [1.807, 2.05) is 0 Å². The van der Waals surface area contributed by atoms with Crippen LogP contribution in [0.4, 0.5) is 0 Å². The van der Waals surface area contributed by atoms with E-state index in [2.05, 4.69) is 20.9 Å². The van der Waals surface area contributed by atoms with Gasteiger partial charge in [0.15, 0.2) is 5.96 Å². The fourth-order valence-corrected chi connectivity index (χ4v) is 3.29. The highest BCUT2D eigenvalue weighted by Gasteiger charge is 2.31. The molecule has 37 heavy (non-hydrogen) atoms. The second-order valence-electron chi connectivity index (χ2n) is 9.04. The molecular formula is C22H43N9O6. The van der Waals surface area contributed by atoms with Crippen molar-refractivity contribution in [1.29, 1.82) is 0 Å². The molecule has 0 heterocycles. The van der Waals surface area contributed by atoms with E-state index in [1.165, 1.54) is 0 Å². The van der Waals surface area contributed by atoms with Crippen LogP contribution in [0.5, 0.6) is 0 Å². The number of hydrogen-bond donors (Lipinski definition) is 9. The van der Waals surface area contributed by atoms with Crippen molar-refractivity contribution in [2.75, 3.05) is 13.1 Å². The van der Waals surface area contributed by atoms with Gasteiger partial charge in [0.2, 0.25) is 23.6 Å². The second-order valence-corrected chi connectivity index (χ2v) is 9.04. The molecule has 0 aliphatic heterocycles. The fourth-order valence-electron chi connectivity index (χ4n) is 3.29. The standard InChI is InChI=1S/C22H43N9O6/c1-12(2)17(21(36)37)31-20(35)14(7-5-11-28-22(26)27)30-19(34)15(8-9-16(25)32)29-18(33)13(24)6-3-4-10-23/h12-15,17H,3-11,23-24H2,1-2H3,(H2,25,32)(H,29,33)(H,30,34)(H,31,35)(H,36,37)(H4,26,27,28). The number of hydrogen-bond acceptors (Lipinski definition) is 8. The van der Waals surface area contributed by atoms with Crippen molar-refractivity contribution in [3.63, 3.8) is 0 Å². The van der Waals surface area contributed by atoms with Gasteiger partial charge in [-0.2, -0.15) is 0 Å². The molecule has 0 bridgehead atoms. The number of aliphatic carboxylic acids is 1. The van der Waals surface area contributed by atoms with Gasteiger partial charge in [-0.25, -0.2) is 4.79 Å². The van der Waals surface area contributed by atoms with Crippen molar-refractivity contribution in [1.82, 2.24) is 16.0 Å². The third-order valence-corrected chi connectivity index (χ3v) is 5.43. The van der Waals surface area contributed by atoms with Crippen LogP contribution in [0.15, 0.2) is 4.99 Å². The summed E-state index contributed by atoms with van der Waals surface area (Å²) in [6.07, 6.45) is 1.63. The predicted octanol–water partition coefficient (Wildman–Crippen LogP) is -3.04. The zero-order chi connectivity index (χ0) is 28.5. The van der Waals surface area contributed by atoms with Gasteiger partial charge in [-0.3, -0.25) is 24.2 Å². The van der Waals surface area contributed by atoms with Crippen LogP contribution >= 0.6 is 0 Å². The Morgan fingerprint density at radius 3 is 1.89 bits per heavy atom. The van der Waals surface area contributed by atoms with Crippen LogP contribution in [-0.4, -0.2) is 77.9 Å². The Bertz CT molecular complexity index is 802. The number of carboxylic acids is 1. The van der Waals surface area contributed by atoms with E-state index < -0.39 is 59.7 Å². The lowest BCUT2D eigenvalue weighted by molar-refractivity contribution is -0.143. The minimum Gasteiger partial charge on any atom is -0.480 e. The number of amides is 4. The van der Waals surface area contributed by atoms with E-state index in [-0.39, 0.29) is 38.2 Å². The molecule has 0 saturated carbocycles. The summed E-state index contributed by atoms with van der Waals surface area (Å²) in [5.74, 6) is -4.60. The number of carbonyl (C=O) groups excluding carboxylic acids is 4. The third kappa shape index (κ3) is 14.6. The Hall–Kier alpha value is -3.46. The number of nitrogens with one attached hydrogen (secondary N) is 3. The fraction of sp³-hybridized carbons (Fsp3) is 0.727. The van der Waals surface area contributed by atoms with Gasteiger partial charge in [-0.05, 0) is 44.6 Å². The third-order valence-electron chi connectivity index (χ3n) is 5.43. The Morgan fingerprint density at radius 1 is 0.811 bits per heavy atom. The smallest absolute Gasteiger partial charge is 0.326 e. The summed E-state index contributed by atoms with van der Waals surface area (Å²) in [6, 6.07) is -4.49. The molecule has 0 spiro atoms. The minimum atomic E-state index is -1.23. The van der Waals surface area contributed by atoms with E-state index >= 15 is 0 Å². The molecule has 0 saturated heterocycles. The summed E-state index contributed by atoms with van der Waals surface area (Å²) in [6.45, 7) is 3.85. The van der Waals surface area contributed by atoms with E-state index in [0.717, 1.165) is 0 Å². The molecule has 212 valence electrons. The van der Waals surface area contributed by atoms with Crippen LogP contribution in [0, 0.1) is 5.92 Å². The number of carboxylic acid groups (broad SMARTS) is 1. The van der Waals surface area contributed by atoms with E-state index in [1.54, 1.807) is 13.8 Å². The van der Waals surface area contributed by atoms with E-state index in [9.17, 15) is 29.1 Å². The molecule has 0 aromatic carbocycles. The van der Waals surface area contributed by atoms with E-state index in [0.29, 0.717) is 25.8 Å². The number of primary amides is 1. The zero-order valence-electron chi connectivity index (χ0n) is 21.6. The first-order chi connectivity index (χ1) is 17.3. The number of nitrogens with two attached hydrogens (primary N) is 5. The summed E-state index contributed by atoms with van der Waals surface area (Å²) in [4.78, 5) is 65.2. The molecule has 0 radical (unpaired) electrons. The molecule has 4 atom stereocenters. The van der Waals surface area contributed by atoms with Gasteiger partial charge in [0.25, 0.3) is 0 Å². The highest BCUT2D eigenvalue weighted by Crippen LogP contribution is 2.07. The van der Waals surface area contributed by atoms with Crippen molar-refractivity contribution < 1.29 is 29.1 Å². The minimum absolute atomic E-state index is 0.0634. The van der Waals surface area contributed by atoms with Crippen LogP contribution < -0.4 is 44.6 Å². The Balaban J connectivity index is 5.62. The van der Waals surface area contributed by atoms with Crippen molar-refractivity contribution in [2.24, 2.45) is 39.6 Å². The quantitative estimate of drug-likeness (QED) is 0.0463. The van der Waals surface area contributed by atoms with E-state index in [4.69, 9.17) is 28.7 Å². The average Bonchev–Trinajstić information content (AvgIpc) is 2.80. The second kappa shape index (κ2) is 17.9. The average molecular weight is 530 g/mol. The van der Waals surface area contributed by atoms with Crippen molar-refractivity contribution in [3.8, 4) is 0 Å². The van der Waals surface area contributed by atoms with Gasteiger partial charge in [-0.1, -0.05) is 20.3 Å². The Kier molecular flexibility index (Phi) is 16.2. The molecule has 0 aromatic rings. The molecule has 15 nitrogen and oxygen atoms in total. The normalized spacial score (nSPS) is 14.1. The number of unbranched alkanes of at least 4 members (excludes halogenated alkanes) is 1. The molecule has 14 N–H and O–H groups in total. The highest BCUT2D eigenvalue weighted by molar-refractivity contribution is 5.94. The largest absolute Gasteiger partial charge is 0.480 e. The van der Waals surface area contributed by atoms with Crippen LogP contribution in [0.25, 0.3) is 0 Å². The molecule has 0 rings (SSSR count). The summed E-state index contributed by atoms with van der Waals surface area (Å²) in [5.41, 5.74) is 27.2. The number of rotatable bonds is 19. The van der Waals surface area contributed by atoms with Gasteiger partial charge >= 0.3 is 5.97 Å².